The number of nitrogen functional groups attached to an aromatic ring is 1. The molecule has 0 saturated carbocycles. The number of hydrogen-bond donors (Lipinski definition) is 2. The molecule has 1 aliphatic rings. The van der Waals surface area contributed by atoms with Gasteiger partial charge in [-0.15, -0.1) is 0 Å². The van der Waals surface area contributed by atoms with Crippen molar-refractivity contribution in [3.8, 4) is 0 Å². The van der Waals surface area contributed by atoms with Crippen molar-refractivity contribution in [3.63, 3.8) is 0 Å². The van der Waals surface area contributed by atoms with E-state index in [1.54, 1.807) is 6.33 Å². The molecule has 0 amide bonds. The second-order valence-corrected chi connectivity index (χ2v) is 6.03. The highest BCUT2D eigenvalue weighted by atomic mass is 32.2. The van der Waals surface area contributed by atoms with Gasteiger partial charge in [0.1, 0.15) is 11.8 Å². The topological polar surface area (TPSA) is 139 Å². The van der Waals surface area contributed by atoms with Gasteiger partial charge in [-0.1, -0.05) is 12.2 Å². The normalized spacial score (nSPS) is 22.1. The zero-order valence-corrected chi connectivity index (χ0v) is 11.8. The Bertz CT molecular complexity index is 799. The minimum absolute atomic E-state index is 0.0124. The molecule has 2 aromatic heterocycles. The summed E-state index contributed by atoms with van der Waals surface area (Å²) in [5, 5.41) is 4.81. The molecule has 4 N–H and O–H groups in total. The van der Waals surface area contributed by atoms with E-state index < -0.39 is 10.3 Å². The van der Waals surface area contributed by atoms with Crippen LogP contribution in [0.1, 0.15) is 12.5 Å². The summed E-state index contributed by atoms with van der Waals surface area (Å²) in [5.41, 5.74) is 6.94. The zero-order chi connectivity index (χ0) is 15.0. The molecule has 2 unspecified atom stereocenters. The molecule has 3 rings (SSSR count). The van der Waals surface area contributed by atoms with Gasteiger partial charge in [0.2, 0.25) is 0 Å². The van der Waals surface area contributed by atoms with Gasteiger partial charge in [0.05, 0.1) is 19.0 Å². The Kier molecular flexibility index (Phi) is 3.35. The summed E-state index contributed by atoms with van der Waals surface area (Å²) >= 11 is 0. The van der Waals surface area contributed by atoms with Gasteiger partial charge in [0, 0.05) is 5.92 Å². The Morgan fingerprint density at radius 2 is 2.14 bits per heavy atom. The highest BCUT2D eigenvalue weighted by molar-refractivity contribution is 7.84. The standard InChI is InChI=1S/C11H14N6O3S/c12-10-9-11(15-5-14-10)17(6-16-9)8-2-1-7(3-8)4-20-21(13,18)19/h1-2,5-8H,3-4H2,(H2,12,14,15)(H2,13,18,19). The summed E-state index contributed by atoms with van der Waals surface area (Å²) in [5.74, 6) is 0.291. The number of fused-ring (bicyclic) bond motifs is 1. The summed E-state index contributed by atoms with van der Waals surface area (Å²) in [7, 11) is -3.91. The highest BCUT2D eigenvalue weighted by Gasteiger charge is 2.23. The molecule has 0 saturated heterocycles. The van der Waals surface area contributed by atoms with Gasteiger partial charge in [0.25, 0.3) is 0 Å². The first-order valence-electron chi connectivity index (χ1n) is 6.22. The third kappa shape index (κ3) is 2.86. The van der Waals surface area contributed by atoms with Crippen LogP contribution in [0, 0.1) is 5.92 Å². The van der Waals surface area contributed by atoms with Crippen molar-refractivity contribution >= 4 is 27.3 Å². The smallest absolute Gasteiger partial charge is 0.333 e. The summed E-state index contributed by atoms with van der Waals surface area (Å²) in [4.78, 5) is 12.3. The minimum atomic E-state index is -3.91. The maximum Gasteiger partial charge on any atom is 0.333 e. The molecule has 2 heterocycles. The molecule has 0 aliphatic heterocycles. The van der Waals surface area contributed by atoms with Crippen LogP contribution < -0.4 is 10.9 Å². The van der Waals surface area contributed by atoms with Gasteiger partial charge < -0.3 is 10.3 Å². The van der Waals surface area contributed by atoms with Crippen LogP contribution in [0.15, 0.2) is 24.8 Å². The predicted molar refractivity (Wildman–Crippen MR) is 75.1 cm³/mol. The van der Waals surface area contributed by atoms with Gasteiger partial charge in [0.15, 0.2) is 11.5 Å². The lowest BCUT2D eigenvalue weighted by Crippen LogP contribution is -2.19. The quantitative estimate of drug-likeness (QED) is 0.742. The number of aromatic nitrogens is 4. The lowest BCUT2D eigenvalue weighted by molar-refractivity contribution is 0.271. The number of rotatable bonds is 4. The largest absolute Gasteiger partial charge is 0.382 e. The Hall–Kier alpha value is -2.04. The van der Waals surface area contributed by atoms with E-state index in [0.717, 1.165) is 0 Å². The molecule has 10 heteroatoms. The van der Waals surface area contributed by atoms with E-state index in [0.29, 0.717) is 23.4 Å². The minimum Gasteiger partial charge on any atom is -0.382 e. The number of allylic oxidation sites excluding steroid dienone is 1. The SMILES string of the molecule is Nc1ncnc2c1ncn2C1C=CC(COS(N)(=O)=O)C1. The lowest BCUT2D eigenvalue weighted by Gasteiger charge is -2.13. The van der Waals surface area contributed by atoms with Crippen molar-refractivity contribution in [3.05, 3.63) is 24.8 Å². The maximum absolute atomic E-state index is 10.8. The van der Waals surface area contributed by atoms with Crippen molar-refractivity contribution < 1.29 is 12.6 Å². The van der Waals surface area contributed by atoms with Crippen LogP contribution in [0.2, 0.25) is 0 Å². The first-order chi connectivity index (χ1) is 9.94. The van der Waals surface area contributed by atoms with Gasteiger partial charge in [-0.25, -0.2) is 20.1 Å². The second kappa shape index (κ2) is 5.06. The van der Waals surface area contributed by atoms with Crippen LogP contribution in [0.5, 0.6) is 0 Å². The van der Waals surface area contributed by atoms with Gasteiger partial charge in [-0.3, -0.25) is 4.18 Å². The fourth-order valence-corrected chi connectivity index (χ4v) is 2.74. The molecule has 0 bridgehead atoms. The van der Waals surface area contributed by atoms with E-state index in [1.165, 1.54) is 6.33 Å². The maximum atomic E-state index is 10.8. The average Bonchev–Trinajstić information content (AvgIpc) is 3.02. The Labute approximate surface area is 120 Å². The molecule has 2 aromatic rings. The van der Waals surface area contributed by atoms with Crippen LogP contribution in [-0.2, 0) is 14.5 Å². The average molecular weight is 310 g/mol. The summed E-state index contributed by atoms with van der Waals surface area (Å²) < 4.78 is 28.1. The molecule has 1 aliphatic carbocycles. The molecular formula is C11H14N6O3S. The van der Waals surface area contributed by atoms with E-state index in [2.05, 4.69) is 19.1 Å². The molecule has 0 radical (unpaired) electrons. The Balaban J connectivity index is 1.77. The van der Waals surface area contributed by atoms with Crippen molar-refractivity contribution in [2.45, 2.75) is 12.5 Å². The molecule has 0 fully saturated rings. The summed E-state index contributed by atoms with van der Waals surface area (Å²) in [6, 6.07) is 0.0124. The molecule has 0 spiro atoms. The van der Waals surface area contributed by atoms with E-state index in [1.807, 2.05) is 16.7 Å². The molecule has 112 valence electrons. The molecular weight excluding hydrogens is 296 g/mol. The molecule has 2 atom stereocenters. The number of hydrogen-bond acceptors (Lipinski definition) is 7. The van der Waals surface area contributed by atoms with Gasteiger partial charge in [-0.2, -0.15) is 8.42 Å². The fraction of sp³-hybridized carbons (Fsp3) is 0.364. The summed E-state index contributed by atoms with van der Waals surface area (Å²) in [6.45, 7) is 0.0234. The highest BCUT2D eigenvalue weighted by Crippen LogP contribution is 2.30. The third-order valence-corrected chi connectivity index (χ3v) is 3.81. The Morgan fingerprint density at radius 1 is 1.33 bits per heavy atom. The molecule has 21 heavy (non-hydrogen) atoms. The van der Waals surface area contributed by atoms with Crippen LogP contribution >= 0.6 is 0 Å². The van der Waals surface area contributed by atoms with Gasteiger partial charge >= 0.3 is 10.3 Å². The molecule has 0 aromatic carbocycles. The van der Waals surface area contributed by atoms with Crippen LogP contribution in [0.4, 0.5) is 5.82 Å². The fourth-order valence-electron chi connectivity index (χ4n) is 2.38. The van der Waals surface area contributed by atoms with E-state index in [4.69, 9.17) is 10.9 Å². The summed E-state index contributed by atoms with van der Waals surface area (Å²) in [6.07, 6.45) is 7.55. The Morgan fingerprint density at radius 3 is 2.90 bits per heavy atom. The van der Waals surface area contributed by atoms with Crippen molar-refractivity contribution in [2.24, 2.45) is 11.1 Å². The first-order valence-corrected chi connectivity index (χ1v) is 7.69. The third-order valence-electron chi connectivity index (χ3n) is 3.34. The monoisotopic (exact) mass is 310 g/mol. The van der Waals surface area contributed by atoms with Crippen LogP contribution in [0.25, 0.3) is 11.2 Å². The van der Waals surface area contributed by atoms with Gasteiger partial charge in [-0.05, 0) is 6.42 Å². The van der Waals surface area contributed by atoms with Crippen LogP contribution in [-0.4, -0.2) is 34.5 Å². The number of anilines is 1. The van der Waals surface area contributed by atoms with Crippen molar-refractivity contribution in [1.82, 2.24) is 19.5 Å². The van der Waals surface area contributed by atoms with Crippen LogP contribution in [0.3, 0.4) is 0 Å². The number of nitrogens with two attached hydrogens (primary N) is 2. The van der Waals surface area contributed by atoms with Crippen molar-refractivity contribution in [1.29, 1.82) is 0 Å². The van der Waals surface area contributed by atoms with Crippen molar-refractivity contribution in [2.75, 3.05) is 12.3 Å². The zero-order valence-electron chi connectivity index (χ0n) is 11.0. The van der Waals surface area contributed by atoms with E-state index in [-0.39, 0.29) is 18.6 Å². The van der Waals surface area contributed by atoms with E-state index in [9.17, 15) is 8.42 Å². The molecule has 9 nitrogen and oxygen atoms in total. The predicted octanol–water partition coefficient (Wildman–Crippen LogP) is -0.254. The number of imidazole rings is 1. The lowest BCUT2D eigenvalue weighted by atomic mass is 10.1. The van der Waals surface area contributed by atoms with E-state index >= 15 is 0 Å². The second-order valence-electron chi connectivity index (χ2n) is 4.81. The first kappa shape index (κ1) is 13.9. The number of nitrogens with zero attached hydrogens (tertiary/aromatic N) is 4.